The highest BCUT2D eigenvalue weighted by Gasteiger charge is 2.07. The molecule has 0 saturated heterocycles. The Morgan fingerprint density at radius 3 is 2.58 bits per heavy atom. The van der Waals surface area contributed by atoms with Gasteiger partial charge in [0.2, 0.25) is 0 Å². The number of nitrogens with one attached hydrogen (secondary N) is 2. The molecule has 68 valence electrons. The number of urea groups is 1. The molecule has 0 aliphatic heterocycles. The third-order valence-corrected chi connectivity index (χ3v) is 1.21. The van der Waals surface area contributed by atoms with Crippen LogP contribution in [0, 0.1) is 12.3 Å². The predicted molar refractivity (Wildman–Crippen MR) is 45.4 cm³/mol. The van der Waals surface area contributed by atoms with Crippen LogP contribution in [-0.2, 0) is 0 Å². The van der Waals surface area contributed by atoms with Gasteiger partial charge in [0, 0.05) is 0 Å². The van der Waals surface area contributed by atoms with E-state index in [-0.39, 0.29) is 6.04 Å². The summed E-state index contributed by atoms with van der Waals surface area (Å²) in [6, 6.07) is -1.25. The molecule has 0 spiro atoms. The Hall–Kier alpha value is -1.24. The van der Waals surface area contributed by atoms with Crippen LogP contribution in [0.5, 0.6) is 0 Å². The Labute approximate surface area is 71.7 Å². The number of hydrogen-bond donors (Lipinski definition) is 2. The molecule has 0 radical (unpaired) electrons. The lowest BCUT2D eigenvalue weighted by molar-refractivity contribution is 0.234. The fraction of sp³-hybridized carbons (Fsp3) is 0.625. The number of rotatable bonds is 3. The van der Waals surface area contributed by atoms with E-state index in [2.05, 4.69) is 16.6 Å². The van der Waals surface area contributed by atoms with Crippen molar-refractivity contribution in [3.63, 3.8) is 0 Å². The molecule has 0 heterocycles. The van der Waals surface area contributed by atoms with Gasteiger partial charge in [0.25, 0.3) is 0 Å². The lowest BCUT2D eigenvalue weighted by Gasteiger charge is -2.12. The summed E-state index contributed by atoms with van der Waals surface area (Å²) in [6.45, 7) is 2.65. The first-order chi connectivity index (χ1) is 5.60. The minimum Gasteiger partial charge on any atom is -0.333 e. The molecule has 2 unspecified atom stereocenters. The molecular formula is C8H13FN2O. The van der Waals surface area contributed by atoms with Crippen molar-refractivity contribution in [3.8, 4) is 12.3 Å². The lowest BCUT2D eigenvalue weighted by Crippen LogP contribution is -2.44. The molecule has 4 heteroatoms. The van der Waals surface area contributed by atoms with E-state index in [1.54, 1.807) is 13.8 Å². The maximum atomic E-state index is 11.9. The highest BCUT2D eigenvalue weighted by Crippen LogP contribution is 1.83. The van der Waals surface area contributed by atoms with Gasteiger partial charge < -0.3 is 10.6 Å². The molecule has 0 fully saturated rings. The quantitative estimate of drug-likeness (QED) is 0.603. The van der Waals surface area contributed by atoms with E-state index in [0.717, 1.165) is 0 Å². The minimum absolute atomic E-state index is 0.336. The van der Waals surface area contributed by atoms with Crippen LogP contribution < -0.4 is 10.6 Å². The molecule has 0 bridgehead atoms. The Morgan fingerprint density at radius 1 is 1.58 bits per heavy atom. The van der Waals surface area contributed by atoms with E-state index >= 15 is 0 Å². The van der Waals surface area contributed by atoms with Gasteiger partial charge in [0.05, 0.1) is 12.1 Å². The van der Waals surface area contributed by atoms with E-state index in [0.29, 0.717) is 0 Å². The Kier molecular flexibility index (Phi) is 4.86. The summed E-state index contributed by atoms with van der Waals surface area (Å²) in [5.74, 6) is 2.32. The first-order valence-electron chi connectivity index (χ1n) is 3.69. The number of carbonyl (C=O) groups excluding carboxylic acids is 1. The first kappa shape index (κ1) is 10.8. The molecule has 0 rings (SSSR count). The first-order valence-corrected chi connectivity index (χ1v) is 3.69. The van der Waals surface area contributed by atoms with Crippen molar-refractivity contribution >= 4 is 6.03 Å². The fourth-order valence-electron chi connectivity index (χ4n) is 0.542. The van der Waals surface area contributed by atoms with Crippen LogP contribution in [0.25, 0.3) is 0 Å². The van der Waals surface area contributed by atoms with Crippen molar-refractivity contribution in [2.24, 2.45) is 0 Å². The summed E-state index contributed by atoms with van der Waals surface area (Å²) in [4.78, 5) is 10.9. The standard InChI is InChI=1S/C8H13FN2O/c1-4-6(2)10-8(12)11-7(3)5-9/h1,6-7H,5H2,2-3H3,(H2,10,11,12). The van der Waals surface area contributed by atoms with Gasteiger partial charge in [0.15, 0.2) is 0 Å². The van der Waals surface area contributed by atoms with Gasteiger partial charge in [0.1, 0.15) is 6.67 Å². The van der Waals surface area contributed by atoms with Crippen LogP contribution in [-0.4, -0.2) is 24.8 Å². The Bertz CT molecular complexity index is 188. The molecule has 0 aliphatic carbocycles. The normalized spacial score (nSPS) is 14.2. The van der Waals surface area contributed by atoms with E-state index in [9.17, 15) is 9.18 Å². The molecule has 2 N–H and O–H groups in total. The molecule has 0 aromatic rings. The van der Waals surface area contributed by atoms with Gasteiger partial charge in [-0.2, -0.15) is 0 Å². The molecular weight excluding hydrogens is 159 g/mol. The number of alkyl halides is 1. The molecule has 2 amide bonds. The number of hydrogen-bond acceptors (Lipinski definition) is 1. The zero-order valence-corrected chi connectivity index (χ0v) is 7.23. The van der Waals surface area contributed by atoms with E-state index < -0.39 is 18.7 Å². The Morgan fingerprint density at radius 2 is 2.17 bits per heavy atom. The summed E-state index contributed by atoms with van der Waals surface area (Å²) in [6.07, 6.45) is 5.02. The summed E-state index contributed by atoms with van der Waals surface area (Å²) in [5, 5.41) is 4.82. The van der Waals surface area contributed by atoms with E-state index in [1.165, 1.54) is 0 Å². The van der Waals surface area contributed by atoms with Gasteiger partial charge >= 0.3 is 6.03 Å². The van der Waals surface area contributed by atoms with Crippen molar-refractivity contribution in [2.45, 2.75) is 25.9 Å². The molecule has 0 aromatic carbocycles. The minimum atomic E-state index is -0.585. The summed E-state index contributed by atoms with van der Waals surface area (Å²) in [7, 11) is 0. The maximum Gasteiger partial charge on any atom is 0.316 e. The van der Waals surface area contributed by atoms with Gasteiger partial charge in [-0.15, -0.1) is 6.42 Å². The van der Waals surface area contributed by atoms with Crippen molar-refractivity contribution in [3.05, 3.63) is 0 Å². The summed E-state index contributed by atoms with van der Waals surface area (Å²) >= 11 is 0. The highest BCUT2D eigenvalue weighted by atomic mass is 19.1. The van der Waals surface area contributed by atoms with Crippen molar-refractivity contribution in [1.29, 1.82) is 0 Å². The van der Waals surface area contributed by atoms with Crippen molar-refractivity contribution < 1.29 is 9.18 Å². The Balaban J connectivity index is 3.68. The van der Waals surface area contributed by atoms with Gasteiger partial charge in [-0.05, 0) is 13.8 Å². The van der Waals surface area contributed by atoms with Crippen molar-refractivity contribution in [2.75, 3.05) is 6.67 Å². The molecule has 12 heavy (non-hydrogen) atoms. The van der Waals surface area contributed by atoms with Gasteiger partial charge in [-0.1, -0.05) is 5.92 Å². The predicted octanol–water partition coefficient (Wildman–Crippen LogP) is 0.665. The molecule has 3 nitrogen and oxygen atoms in total. The van der Waals surface area contributed by atoms with Crippen LogP contribution >= 0.6 is 0 Å². The van der Waals surface area contributed by atoms with Crippen LogP contribution in [0.3, 0.4) is 0 Å². The number of carbonyl (C=O) groups is 1. The van der Waals surface area contributed by atoms with Gasteiger partial charge in [-0.3, -0.25) is 0 Å². The zero-order valence-electron chi connectivity index (χ0n) is 7.23. The van der Waals surface area contributed by atoms with Crippen molar-refractivity contribution in [1.82, 2.24) is 10.6 Å². The summed E-state index contributed by atoms with van der Waals surface area (Å²) < 4.78 is 11.9. The van der Waals surface area contributed by atoms with E-state index in [4.69, 9.17) is 6.42 Å². The molecule has 0 aromatic heterocycles. The number of halogens is 1. The number of amides is 2. The smallest absolute Gasteiger partial charge is 0.316 e. The fourth-order valence-corrected chi connectivity index (χ4v) is 0.542. The SMILES string of the molecule is C#CC(C)NC(=O)NC(C)CF. The highest BCUT2D eigenvalue weighted by molar-refractivity contribution is 5.74. The van der Waals surface area contributed by atoms with E-state index in [1.807, 2.05) is 0 Å². The second kappa shape index (κ2) is 5.42. The second-order valence-electron chi connectivity index (χ2n) is 2.56. The molecule has 0 saturated carbocycles. The second-order valence-corrected chi connectivity index (χ2v) is 2.56. The third kappa shape index (κ3) is 4.56. The maximum absolute atomic E-state index is 11.9. The van der Waals surface area contributed by atoms with Crippen LogP contribution in [0.2, 0.25) is 0 Å². The third-order valence-electron chi connectivity index (χ3n) is 1.21. The largest absolute Gasteiger partial charge is 0.333 e. The topological polar surface area (TPSA) is 41.1 Å². The van der Waals surface area contributed by atoms with Crippen LogP contribution in [0.4, 0.5) is 9.18 Å². The van der Waals surface area contributed by atoms with Gasteiger partial charge in [-0.25, -0.2) is 9.18 Å². The molecule has 2 atom stereocenters. The molecule has 0 aliphatic rings. The monoisotopic (exact) mass is 172 g/mol. The van der Waals surface area contributed by atoms with Crippen LogP contribution in [0.15, 0.2) is 0 Å². The average molecular weight is 172 g/mol. The number of terminal acetylenes is 1. The summed E-state index contributed by atoms with van der Waals surface area (Å²) in [5.41, 5.74) is 0. The van der Waals surface area contributed by atoms with Crippen LogP contribution in [0.1, 0.15) is 13.8 Å². The zero-order chi connectivity index (χ0) is 9.56. The average Bonchev–Trinajstić information content (AvgIpc) is 2.03. The lowest BCUT2D eigenvalue weighted by atomic mass is 10.3.